The summed E-state index contributed by atoms with van der Waals surface area (Å²) in [6.07, 6.45) is 3.74. The highest BCUT2D eigenvalue weighted by Gasteiger charge is 2.18. The van der Waals surface area contributed by atoms with Gasteiger partial charge < -0.3 is 10.4 Å². The molecule has 1 atom stereocenters. The first kappa shape index (κ1) is 12.1. The zero-order valence-electron chi connectivity index (χ0n) is 10.2. The van der Waals surface area contributed by atoms with E-state index >= 15 is 0 Å². The fourth-order valence-electron chi connectivity index (χ4n) is 2.61. The van der Waals surface area contributed by atoms with Gasteiger partial charge in [0.15, 0.2) is 0 Å². The number of nitrogens with one attached hydrogen (secondary N) is 1. The number of aryl methyl sites for hydroxylation is 2. The van der Waals surface area contributed by atoms with Gasteiger partial charge in [-0.1, -0.05) is 18.2 Å². The van der Waals surface area contributed by atoms with E-state index < -0.39 is 5.97 Å². The normalized spacial score (nSPS) is 15.6. The van der Waals surface area contributed by atoms with E-state index in [2.05, 4.69) is 23.5 Å². The lowest BCUT2D eigenvalue weighted by Gasteiger charge is -2.16. The predicted octanol–water partition coefficient (Wildman–Crippen LogP) is 1.95. The van der Waals surface area contributed by atoms with Crippen LogP contribution in [-0.2, 0) is 17.6 Å². The number of carboxylic acids is 1. The highest BCUT2D eigenvalue weighted by Crippen LogP contribution is 2.27. The Kier molecular flexibility index (Phi) is 3.79. The predicted molar refractivity (Wildman–Crippen MR) is 67.4 cm³/mol. The summed E-state index contributed by atoms with van der Waals surface area (Å²) in [7, 11) is 1.86. The lowest BCUT2D eigenvalue weighted by Crippen LogP contribution is -2.20. The lowest BCUT2D eigenvalue weighted by molar-refractivity contribution is -0.137. The van der Waals surface area contributed by atoms with Gasteiger partial charge in [0.25, 0.3) is 0 Å². The van der Waals surface area contributed by atoms with Crippen molar-refractivity contribution >= 4 is 5.97 Å². The van der Waals surface area contributed by atoms with Gasteiger partial charge >= 0.3 is 5.97 Å². The van der Waals surface area contributed by atoms with Crippen LogP contribution in [0, 0.1) is 0 Å². The van der Waals surface area contributed by atoms with Crippen LogP contribution in [0.15, 0.2) is 18.2 Å². The third-order valence-electron chi connectivity index (χ3n) is 3.47. The molecular formula is C14H19NO2. The van der Waals surface area contributed by atoms with Crippen molar-refractivity contribution in [1.82, 2.24) is 5.32 Å². The second-order valence-electron chi connectivity index (χ2n) is 4.73. The van der Waals surface area contributed by atoms with E-state index in [0.29, 0.717) is 6.54 Å². The van der Waals surface area contributed by atoms with E-state index in [9.17, 15) is 4.79 Å². The minimum atomic E-state index is -0.731. The van der Waals surface area contributed by atoms with Crippen molar-refractivity contribution in [3.63, 3.8) is 0 Å². The van der Waals surface area contributed by atoms with Crippen LogP contribution in [0.1, 0.15) is 35.4 Å². The Balaban J connectivity index is 2.20. The van der Waals surface area contributed by atoms with Crippen LogP contribution in [0.25, 0.3) is 0 Å². The largest absolute Gasteiger partial charge is 0.481 e. The maximum atomic E-state index is 10.9. The van der Waals surface area contributed by atoms with Gasteiger partial charge in [-0.25, -0.2) is 0 Å². The molecule has 0 bridgehead atoms. The summed E-state index contributed by atoms with van der Waals surface area (Å²) in [5.41, 5.74) is 4.00. The van der Waals surface area contributed by atoms with Gasteiger partial charge in [-0.3, -0.25) is 4.79 Å². The van der Waals surface area contributed by atoms with Crippen molar-refractivity contribution < 1.29 is 9.90 Å². The van der Waals surface area contributed by atoms with Gasteiger partial charge in [0.05, 0.1) is 6.42 Å². The summed E-state index contributed by atoms with van der Waals surface area (Å²) in [5, 5.41) is 12.0. The molecule has 0 aromatic heterocycles. The van der Waals surface area contributed by atoms with Gasteiger partial charge in [0.1, 0.15) is 0 Å². The molecule has 3 heteroatoms. The number of benzene rings is 1. The fourth-order valence-corrected chi connectivity index (χ4v) is 2.61. The van der Waals surface area contributed by atoms with E-state index in [0.717, 1.165) is 12.0 Å². The summed E-state index contributed by atoms with van der Waals surface area (Å²) in [5.74, 6) is -0.658. The lowest BCUT2D eigenvalue weighted by atomic mass is 9.93. The maximum Gasteiger partial charge on any atom is 0.304 e. The molecule has 0 aliphatic heterocycles. The number of carboxylic acid groups (broad SMARTS) is 1. The minimum absolute atomic E-state index is 0.0726. The topological polar surface area (TPSA) is 49.3 Å². The summed E-state index contributed by atoms with van der Waals surface area (Å²) in [4.78, 5) is 10.9. The summed E-state index contributed by atoms with van der Waals surface area (Å²) in [6, 6.07) is 6.46. The molecule has 0 spiro atoms. The number of likely N-dealkylation sites (N-methyl/N-ethyl adjacent to an activating group) is 1. The molecule has 2 N–H and O–H groups in total. The van der Waals surface area contributed by atoms with Gasteiger partial charge in [0, 0.05) is 12.5 Å². The van der Waals surface area contributed by atoms with Crippen molar-refractivity contribution in [1.29, 1.82) is 0 Å². The van der Waals surface area contributed by atoms with Gasteiger partial charge in [-0.05, 0) is 43.0 Å². The standard InChI is InChI=1S/C14H19NO2/c1-15-9-13(8-14(16)17)12-6-5-10-3-2-4-11(10)7-12/h5-7,13,15H,2-4,8-9H2,1H3,(H,16,17). The Morgan fingerprint density at radius 1 is 1.41 bits per heavy atom. The average molecular weight is 233 g/mol. The molecule has 1 aliphatic rings. The molecule has 0 saturated carbocycles. The molecule has 0 heterocycles. The van der Waals surface area contributed by atoms with Crippen LogP contribution in [0.3, 0.4) is 0 Å². The third-order valence-corrected chi connectivity index (χ3v) is 3.47. The van der Waals surface area contributed by atoms with E-state index in [1.54, 1.807) is 0 Å². The molecule has 0 radical (unpaired) electrons. The summed E-state index contributed by atoms with van der Waals surface area (Å²) in [6.45, 7) is 0.713. The molecule has 2 rings (SSSR count). The first-order valence-corrected chi connectivity index (χ1v) is 6.19. The molecule has 0 amide bonds. The van der Waals surface area contributed by atoms with E-state index in [4.69, 9.17) is 5.11 Å². The number of hydrogen-bond donors (Lipinski definition) is 2. The Hall–Kier alpha value is -1.35. The molecule has 17 heavy (non-hydrogen) atoms. The zero-order valence-corrected chi connectivity index (χ0v) is 10.2. The maximum absolute atomic E-state index is 10.9. The van der Waals surface area contributed by atoms with Crippen LogP contribution in [0.2, 0.25) is 0 Å². The average Bonchev–Trinajstić information content (AvgIpc) is 2.74. The highest BCUT2D eigenvalue weighted by molar-refractivity contribution is 5.68. The van der Waals surface area contributed by atoms with Crippen molar-refractivity contribution in [3.8, 4) is 0 Å². The number of rotatable bonds is 5. The molecule has 1 unspecified atom stereocenters. The second-order valence-corrected chi connectivity index (χ2v) is 4.73. The Morgan fingerprint density at radius 2 is 2.18 bits per heavy atom. The molecule has 1 aromatic rings. The Bertz CT molecular complexity index is 415. The number of hydrogen-bond acceptors (Lipinski definition) is 2. The molecule has 1 aliphatic carbocycles. The Morgan fingerprint density at radius 3 is 2.88 bits per heavy atom. The van der Waals surface area contributed by atoms with Crippen molar-refractivity contribution in [2.24, 2.45) is 0 Å². The fraction of sp³-hybridized carbons (Fsp3) is 0.500. The molecule has 0 saturated heterocycles. The number of fused-ring (bicyclic) bond motifs is 1. The van der Waals surface area contributed by atoms with Crippen LogP contribution in [-0.4, -0.2) is 24.7 Å². The molecule has 0 fully saturated rings. The molecule has 92 valence electrons. The first-order chi connectivity index (χ1) is 8.20. The van der Waals surface area contributed by atoms with Crippen LogP contribution in [0.5, 0.6) is 0 Å². The summed E-state index contributed by atoms with van der Waals surface area (Å²) >= 11 is 0. The molecule has 1 aromatic carbocycles. The number of aliphatic carboxylic acids is 1. The van der Waals surface area contributed by atoms with Crippen LogP contribution < -0.4 is 5.32 Å². The van der Waals surface area contributed by atoms with Crippen molar-refractivity contribution in [2.45, 2.75) is 31.6 Å². The van der Waals surface area contributed by atoms with Crippen LogP contribution >= 0.6 is 0 Å². The monoisotopic (exact) mass is 233 g/mol. The smallest absolute Gasteiger partial charge is 0.304 e. The summed E-state index contributed by atoms with van der Waals surface area (Å²) < 4.78 is 0. The molecular weight excluding hydrogens is 214 g/mol. The zero-order chi connectivity index (χ0) is 12.3. The second kappa shape index (κ2) is 5.32. The highest BCUT2D eigenvalue weighted by atomic mass is 16.4. The van der Waals surface area contributed by atoms with Gasteiger partial charge in [-0.2, -0.15) is 0 Å². The van der Waals surface area contributed by atoms with E-state index in [1.807, 2.05) is 7.05 Å². The van der Waals surface area contributed by atoms with Gasteiger partial charge in [-0.15, -0.1) is 0 Å². The van der Waals surface area contributed by atoms with E-state index in [1.165, 1.54) is 24.0 Å². The first-order valence-electron chi connectivity index (χ1n) is 6.19. The minimum Gasteiger partial charge on any atom is -0.481 e. The van der Waals surface area contributed by atoms with Gasteiger partial charge in [0.2, 0.25) is 0 Å². The quantitative estimate of drug-likeness (QED) is 0.817. The van der Waals surface area contributed by atoms with Crippen molar-refractivity contribution in [3.05, 3.63) is 34.9 Å². The van der Waals surface area contributed by atoms with Crippen LogP contribution in [0.4, 0.5) is 0 Å². The number of carbonyl (C=O) groups is 1. The Labute approximate surface area is 102 Å². The SMILES string of the molecule is CNCC(CC(=O)O)c1ccc2c(c1)CCC2. The van der Waals surface area contributed by atoms with Crippen molar-refractivity contribution in [2.75, 3.05) is 13.6 Å². The molecule has 3 nitrogen and oxygen atoms in total. The third kappa shape index (κ3) is 2.86. The van der Waals surface area contributed by atoms with E-state index in [-0.39, 0.29) is 12.3 Å².